The van der Waals surface area contributed by atoms with Gasteiger partial charge >= 0.3 is 0 Å². The molecule has 118 valence electrons. The lowest BCUT2D eigenvalue weighted by molar-refractivity contribution is -0.122. The van der Waals surface area contributed by atoms with Gasteiger partial charge in [-0.15, -0.1) is 0 Å². The van der Waals surface area contributed by atoms with Crippen LogP contribution >= 0.6 is 0 Å². The molecule has 22 heavy (non-hydrogen) atoms. The Hall–Kier alpha value is -2.30. The molecule has 1 aliphatic carbocycles. The number of carbonyl (C=O) groups is 2. The molecule has 1 fully saturated rings. The maximum Gasteiger partial charge on any atom is 0.273 e. The van der Waals surface area contributed by atoms with Gasteiger partial charge in [0.05, 0.1) is 5.56 Å². The predicted octanol–water partition coefficient (Wildman–Crippen LogP) is 2.59. The van der Waals surface area contributed by atoms with Crippen LogP contribution in [-0.2, 0) is 4.79 Å². The van der Waals surface area contributed by atoms with Gasteiger partial charge in [0, 0.05) is 6.42 Å². The average Bonchev–Trinajstić information content (AvgIpc) is 3.03. The lowest BCUT2D eigenvalue weighted by Crippen LogP contribution is -2.42. The minimum absolute atomic E-state index is 0.148. The van der Waals surface area contributed by atoms with Crippen molar-refractivity contribution in [3.63, 3.8) is 0 Å². The molecule has 0 unspecified atom stereocenters. The van der Waals surface area contributed by atoms with E-state index in [0.29, 0.717) is 30.3 Å². The molecule has 0 atom stereocenters. The van der Waals surface area contributed by atoms with Gasteiger partial charge in [-0.05, 0) is 30.9 Å². The normalized spacial score (nSPS) is 14.4. The molecule has 0 saturated heterocycles. The van der Waals surface area contributed by atoms with E-state index < -0.39 is 0 Å². The van der Waals surface area contributed by atoms with Crippen LogP contribution in [0, 0.1) is 5.92 Å². The Morgan fingerprint density at radius 1 is 1.23 bits per heavy atom. The highest BCUT2D eigenvalue weighted by Gasteiger charge is 2.19. The molecular formula is C17H22N2O3. The molecule has 1 saturated carbocycles. The number of hydrazine groups is 1. The van der Waals surface area contributed by atoms with Gasteiger partial charge in [0.15, 0.2) is 0 Å². The number of para-hydroxylation sites is 1. The maximum absolute atomic E-state index is 12.1. The molecule has 0 bridgehead atoms. The molecule has 1 aromatic carbocycles. The van der Waals surface area contributed by atoms with E-state index in [1.54, 1.807) is 30.3 Å². The molecule has 0 aliphatic heterocycles. The van der Waals surface area contributed by atoms with Gasteiger partial charge in [0.1, 0.15) is 12.4 Å². The number of hydrogen-bond donors (Lipinski definition) is 2. The minimum Gasteiger partial charge on any atom is -0.489 e. The molecule has 5 nitrogen and oxygen atoms in total. The van der Waals surface area contributed by atoms with Crippen molar-refractivity contribution >= 4 is 11.8 Å². The first-order valence-electron chi connectivity index (χ1n) is 7.62. The summed E-state index contributed by atoms with van der Waals surface area (Å²) < 4.78 is 5.43. The second-order valence-corrected chi connectivity index (χ2v) is 5.45. The second kappa shape index (κ2) is 8.22. The minimum atomic E-state index is -0.389. The Balaban J connectivity index is 1.86. The Kier molecular flexibility index (Phi) is 6.01. The molecule has 2 rings (SSSR count). The van der Waals surface area contributed by atoms with Crippen molar-refractivity contribution in [2.24, 2.45) is 5.92 Å². The third-order valence-corrected chi connectivity index (χ3v) is 3.75. The van der Waals surface area contributed by atoms with Crippen molar-refractivity contribution in [1.29, 1.82) is 0 Å². The van der Waals surface area contributed by atoms with Crippen LogP contribution in [0.1, 0.15) is 42.5 Å². The lowest BCUT2D eigenvalue weighted by atomic mass is 10.0. The average molecular weight is 302 g/mol. The highest BCUT2D eigenvalue weighted by molar-refractivity contribution is 5.97. The zero-order valence-electron chi connectivity index (χ0n) is 12.6. The van der Waals surface area contributed by atoms with Crippen LogP contribution in [0.4, 0.5) is 0 Å². The van der Waals surface area contributed by atoms with Crippen molar-refractivity contribution in [3.8, 4) is 5.75 Å². The van der Waals surface area contributed by atoms with Crippen molar-refractivity contribution in [2.75, 3.05) is 6.61 Å². The summed E-state index contributed by atoms with van der Waals surface area (Å²) in [7, 11) is 0. The van der Waals surface area contributed by atoms with E-state index in [1.807, 2.05) is 0 Å². The monoisotopic (exact) mass is 302 g/mol. The zero-order chi connectivity index (χ0) is 15.8. The molecule has 2 amide bonds. The van der Waals surface area contributed by atoms with E-state index in [1.165, 1.54) is 12.8 Å². The molecule has 0 heterocycles. The van der Waals surface area contributed by atoms with E-state index in [4.69, 9.17) is 4.74 Å². The van der Waals surface area contributed by atoms with E-state index in [-0.39, 0.29) is 11.8 Å². The third-order valence-electron chi connectivity index (χ3n) is 3.75. The first kappa shape index (κ1) is 16.1. The molecule has 1 aliphatic rings. The molecule has 1 aromatic rings. The molecular weight excluding hydrogens is 280 g/mol. The molecule has 5 heteroatoms. The lowest BCUT2D eigenvalue weighted by Gasteiger charge is -2.12. The highest BCUT2D eigenvalue weighted by atomic mass is 16.5. The SMILES string of the molecule is C=CCOc1ccccc1C(=O)NNC(=O)CC1CCCC1. The van der Waals surface area contributed by atoms with Crippen molar-refractivity contribution in [3.05, 3.63) is 42.5 Å². The highest BCUT2D eigenvalue weighted by Crippen LogP contribution is 2.27. The quantitative estimate of drug-likeness (QED) is 0.627. The number of benzene rings is 1. The van der Waals surface area contributed by atoms with Gasteiger partial charge < -0.3 is 4.74 Å². The summed E-state index contributed by atoms with van der Waals surface area (Å²) in [6.45, 7) is 3.89. The summed E-state index contributed by atoms with van der Waals surface area (Å²) in [4.78, 5) is 24.0. The van der Waals surface area contributed by atoms with Crippen molar-refractivity contribution < 1.29 is 14.3 Å². The summed E-state index contributed by atoms with van der Waals surface area (Å²) in [5.74, 6) is 0.370. The zero-order valence-corrected chi connectivity index (χ0v) is 12.6. The number of hydrogen-bond acceptors (Lipinski definition) is 3. The Morgan fingerprint density at radius 2 is 1.95 bits per heavy atom. The number of carbonyl (C=O) groups excluding carboxylic acids is 2. The van der Waals surface area contributed by atoms with Crippen LogP contribution < -0.4 is 15.6 Å². The molecule has 0 aromatic heterocycles. The molecule has 0 radical (unpaired) electrons. The van der Waals surface area contributed by atoms with E-state index in [0.717, 1.165) is 12.8 Å². The van der Waals surface area contributed by atoms with Gasteiger partial charge in [0.2, 0.25) is 5.91 Å². The summed E-state index contributed by atoms with van der Waals surface area (Å²) in [6.07, 6.45) is 6.66. The largest absolute Gasteiger partial charge is 0.489 e. The predicted molar refractivity (Wildman–Crippen MR) is 84.3 cm³/mol. The number of nitrogens with one attached hydrogen (secondary N) is 2. The summed E-state index contributed by atoms with van der Waals surface area (Å²) in [6, 6.07) is 6.89. The first-order valence-corrected chi connectivity index (χ1v) is 7.62. The summed E-state index contributed by atoms with van der Waals surface area (Å²) in [5.41, 5.74) is 5.30. The topological polar surface area (TPSA) is 67.4 Å². The number of ether oxygens (including phenoxy) is 1. The van der Waals surface area contributed by atoms with Gasteiger partial charge in [-0.2, -0.15) is 0 Å². The van der Waals surface area contributed by atoms with Crippen LogP contribution in [0.2, 0.25) is 0 Å². The van der Waals surface area contributed by atoms with Gasteiger partial charge in [-0.3, -0.25) is 20.4 Å². The first-order chi connectivity index (χ1) is 10.7. The van der Waals surface area contributed by atoms with Crippen LogP contribution in [0.5, 0.6) is 5.75 Å². The van der Waals surface area contributed by atoms with Gasteiger partial charge in [-0.25, -0.2) is 0 Å². The van der Waals surface area contributed by atoms with E-state index in [2.05, 4.69) is 17.4 Å². The Bertz CT molecular complexity index is 536. The fraction of sp³-hybridized carbons (Fsp3) is 0.412. The van der Waals surface area contributed by atoms with Crippen LogP contribution in [0.25, 0.3) is 0 Å². The summed E-state index contributed by atoms with van der Waals surface area (Å²) >= 11 is 0. The Labute approximate surface area is 130 Å². The van der Waals surface area contributed by atoms with Crippen molar-refractivity contribution in [2.45, 2.75) is 32.1 Å². The fourth-order valence-corrected chi connectivity index (χ4v) is 2.65. The van der Waals surface area contributed by atoms with E-state index >= 15 is 0 Å². The van der Waals surface area contributed by atoms with Crippen molar-refractivity contribution in [1.82, 2.24) is 10.9 Å². The molecule has 0 spiro atoms. The molecule has 2 N–H and O–H groups in total. The van der Waals surface area contributed by atoms with Crippen LogP contribution in [0.3, 0.4) is 0 Å². The van der Waals surface area contributed by atoms with E-state index in [9.17, 15) is 9.59 Å². The maximum atomic E-state index is 12.1. The van der Waals surface area contributed by atoms with Crippen LogP contribution in [0.15, 0.2) is 36.9 Å². The number of rotatable bonds is 6. The smallest absolute Gasteiger partial charge is 0.273 e. The van der Waals surface area contributed by atoms with Gasteiger partial charge in [0.25, 0.3) is 5.91 Å². The fourth-order valence-electron chi connectivity index (χ4n) is 2.65. The van der Waals surface area contributed by atoms with Crippen LogP contribution in [-0.4, -0.2) is 18.4 Å². The second-order valence-electron chi connectivity index (χ2n) is 5.45. The Morgan fingerprint density at radius 3 is 2.68 bits per heavy atom. The standard InChI is InChI=1S/C17H22N2O3/c1-2-11-22-15-10-6-5-9-14(15)17(21)19-18-16(20)12-13-7-3-4-8-13/h2,5-6,9-10,13H,1,3-4,7-8,11-12H2,(H,18,20)(H,19,21). The van der Waals surface area contributed by atoms with Gasteiger partial charge in [-0.1, -0.05) is 37.6 Å². The summed E-state index contributed by atoms with van der Waals surface area (Å²) in [5, 5.41) is 0. The number of amides is 2. The third kappa shape index (κ3) is 4.62.